The first kappa shape index (κ1) is 15.0. The van der Waals surface area contributed by atoms with Crippen LogP contribution < -0.4 is 4.72 Å². The number of halogens is 1. The number of hydrogen-bond donors (Lipinski definition) is 1. The van der Waals surface area contributed by atoms with E-state index in [9.17, 15) is 22.4 Å². The predicted octanol–water partition coefficient (Wildman–Crippen LogP) is -0.256. The van der Waals surface area contributed by atoms with Gasteiger partial charge in [-0.15, -0.1) is 0 Å². The molecule has 0 fully saturated rings. The van der Waals surface area contributed by atoms with E-state index >= 15 is 0 Å². The van der Waals surface area contributed by atoms with Crippen LogP contribution in [0.3, 0.4) is 0 Å². The lowest BCUT2D eigenvalue weighted by molar-refractivity contribution is -0.142. The second kappa shape index (κ2) is 7.29. The van der Waals surface area contributed by atoms with Crippen LogP contribution in [0.4, 0.5) is 4.39 Å². The van der Waals surface area contributed by atoms with Gasteiger partial charge < -0.3 is 9.53 Å². The summed E-state index contributed by atoms with van der Waals surface area (Å²) in [6.45, 7) is 1.43. The zero-order chi connectivity index (χ0) is 12.6. The topological polar surface area (TPSA) is 89.5 Å². The molecule has 1 N–H and O–H groups in total. The molecule has 0 aliphatic heterocycles. The van der Waals surface area contributed by atoms with Gasteiger partial charge in [0.05, 0.1) is 5.75 Å². The number of unbranched alkanes of at least 4 members (excludes halogenated alkanes) is 1. The third-order valence-electron chi connectivity index (χ3n) is 1.51. The Morgan fingerprint density at radius 2 is 2.19 bits per heavy atom. The van der Waals surface area contributed by atoms with Crippen molar-refractivity contribution < 1.29 is 27.1 Å². The van der Waals surface area contributed by atoms with E-state index in [0.717, 1.165) is 0 Å². The van der Waals surface area contributed by atoms with Crippen LogP contribution in [0.1, 0.15) is 19.8 Å². The van der Waals surface area contributed by atoms with Crippen molar-refractivity contribution in [3.63, 3.8) is 0 Å². The maximum atomic E-state index is 12.8. The maximum Gasteiger partial charge on any atom is 0.295 e. The highest BCUT2D eigenvalue weighted by Crippen LogP contribution is 1.97. The Morgan fingerprint density at radius 3 is 2.69 bits per heavy atom. The number of amides is 1. The summed E-state index contributed by atoms with van der Waals surface area (Å²) < 4.78 is 40.9. The predicted molar refractivity (Wildman–Crippen MR) is 53.7 cm³/mol. The average Bonchev–Trinajstić information content (AvgIpc) is 2.17. The van der Waals surface area contributed by atoms with Crippen molar-refractivity contribution in [1.29, 1.82) is 0 Å². The molecule has 8 heteroatoms. The van der Waals surface area contributed by atoms with Crippen LogP contribution in [0.15, 0.2) is 0 Å². The standard InChI is InChI=1S/C8H14FNO5S/c1-2-15-7(9)8(12)10-16(13,14)6-4-3-5-11/h5,7H,2-4,6H2,1H3,(H,10,12). The molecule has 1 amide bonds. The second-order valence-corrected chi connectivity index (χ2v) is 4.71. The molecule has 0 saturated carbocycles. The molecule has 0 aromatic carbocycles. The summed E-state index contributed by atoms with van der Waals surface area (Å²) in [6.07, 6.45) is -1.59. The van der Waals surface area contributed by atoms with Crippen molar-refractivity contribution in [3.8, 4) is 0 Å². The van der Waals surface area contributed by atoms with Gasteiger partial charge in [0.15, 0.2) is 0 Å². The summed E-state index contributed by atoms with van der Waals surface area (Å²) in [7, 11) is -3.89. The smallest absolute Gasteiger partial charge is 0.295 e. The van der Waals surface area contributed by atoms with Crippen LogP contribution in [0.2, 0.25) is 0 Å². The molecular formula is C8H14FNO5S. The van der Waals surface area contributed by atoms with E-state index in [1.54, 1.807) is 0 Å². The Bertz CT molecular complexity index is 329. The van der Waals surface area contributed by atoms with Crippen LogP contribution >= 0.6 is 0 Å². The molecular weight excluding hydrogens is 241 g/mol. The number of ether oxygens (including phenoxy) is 1. The summed E-state index contributed by atoms with van der Waals surface area (Å²) in [5.74, 6) is -1.76. The highest BCUT2D eigenvalue weighted by molar-refractivity contribution is 7.90. The minimum absolute atomic E-state index is 0.0419. The normalized spacial score (nSPS) is 13.1. The molecule has 0 aliphatic rings. The van der Waals surface area contributed by atoms with Crippen molar-refractivity contribution in [2.75, 3.05) is 12.4 Å². The Balaban J connectivity index is 4.14. The molecule has 0 bridgehead atoms. The number of aldehydes is 1. The van der Waals surface area contributed by atoms with Gasteiger partial charge in [-0.25, -0.2) is 17.5 Å². The number of alkyl halides is 1. The third kappa shape index (κ3) is 6.46. The van der Waals surface area contributed by atoms with E-state index in [1.807, 2.05) is 0 Å². The van der Waals surface area contributed by atoms with Gasteiger partial charge in [-0.3, -0.25) is 4.79 Å². The fraction of sp³-hybridized carbons (Fsp3) is 0.750. The van der Waals surface area contributed by atoms with Crippen molar-refractivity contribution in [3.05, 3.63) is 0 Å². The molecule has 6 nitrogen and oxygen atoms in total. The molecule has 0 heterocycles. The molecule has 0 rings (SSSR count). The number of rotatable bonds is 8. The SMILES string of the molecule is CCOC(F)C(=O)NS(=O)(=O)CCCC=O. The van der Waals surface area contributed by atoms with E-state index in [0.29, 0.717) is 6.29 Å². The van der Waals surface area contributed by atoms with Crippen LogP contribution in [0, 0.1) is 0 Å². The summed E-state index contributed by atoms with van der Waals surface area (Å²) in [6, 6.07) is 0. The van der Waals surface area contributed by atoms with E-state index in [-0.39, 0.29) is 19.4 Å². The second-order valence-electron chi connectivity index (χ2n) is 2.87. The largest absolute Gasteiger partial charge is 0.341 e. The highest BCUT2D eigenvalue weighted by atomic mass is 32.2. The van der Waals surface area contributed by atoms with Crippen LogP contribution in [-0.2, 0) is 24.3 Å². The van der Waals surface area contributed by atoms with Gasteiger partial charge in [0.1, 0.15) is 6.29 Å². The Hall–Kier alpha value is -1.02. The summed E-state index contributed by atoms with van der Waals surface area (Å²) in [5.41, 5.74) is 0. The minimum atomic E-state index is -3.89. The van der Waals surface area contributed by atoms with Crippen molar-refractivity contribution in [2.45, 2.75) is 26.1 Å². The zero-order valence-electron chi connectivity index (χ0n) is 8.81. The Morgan fingerprint density at radius 1 is 1.56 bits per heavy atom. The van der Waals surface area contributed by atoms with Crippen molar-refractivity contribution in [1.82, 2.24) is 4.72 Å². The lowest BCUT2D eigenvalue weighted by Crippen LogP contribution is -2.39. The number of sulfonamides is 1. The van der Waals surface area contributed by atoms with E-state index < -0.39 is 28.0 Å². The molecule has 0 saturated heterocycles. The molecule has 0 aliphatic carbocycles. The fourth-order valence-electron chi connectivity index (χ4n) is 0.829. The lowest BCUT2D eigenvalue weighted by Gasteiger charge is -2.09. The highest BCUT2D eigenvalue weighted by Gasteiger charge is 2.22. The summed E-state index contributed by atoms with van der Waals surface area (Å²) in [4.78, 5) is 20.9. The van der Waals surface area contributed by atoms with E-state index in [4.69, 9.17) is 0 Å². The van der Waals surface area contributed by atoms with Gasteiger partial charge in [0, 0.05) is 13.0 Å². The molecule has 0 aromatic heterocycles. The van der Waals surface area contributed by atoms with Gasteiger partial charge >= 0.3 is 0 Å². The van der Waals surface area contributed by atoms with Gasteiger partial charge in [-0.2, -0.15) is 0 Å². The molecule has 0 aromatic rings. The van der Waals surface area contributed by atoms with E-state index in [2.05, 4.69) is 4.74 Å². The monoisotopic (exact) mass is 255 g/mol. The molecule has 0 spiro atoms. The first-order chi connectivity index (χ1) is 7.43. The molecule has 1 unspecified atom stereocenters. The number of carbonyl (C=O) groups is 2. The number of nitrogens with one attached hydrogen (secondary N) is 1. The first-order valence-corrected chi connectivity index (χ1v) is 6.31. The summed E-state index contributed by atoms with van der Waals surface area (Å²) in [5, 5.41) is 0. The molecule has 94 valence electrons. The number of hydrogen-bond acceptors (Lipinski definition) is 5. The van der Waals surface area contributed by atoms with Gasteiger partial charge in [-0.05, 0) is 13.3 Å². The summed E-state index contributed by atoms with van der Waals surface area (Å²) >= 11 is 0. The third-order valence-corrected chi connectivity index (χ3v) is 2.85. The van der Waals surface area contributed by atoms with Crippen LogP contribution in [-0.4, -0.2) is 39.3 Å². The van der Waals surface area contributed by atoms with E-state index in [1.165, 1.54) is 11.6 Å². The number of carbonyl (C=O) groups excluding carboxylic acids is 2. The first-order valence-electron chi connectivity index (χ1n) is 4.66. The quantitative estimate of drug-likeness (QED) is 0.477. The molecule has 16 heavy (non-hydrogen) atoms. The Kier molecular flexibility index (Phi) is 6.82. The lowest BCUT2D eigenvalue weighted by atomic mass is 10.4. The van der Waals surface area contributed by atoms with Gasteiger partial charge in [0.2, 0.25) is 10.0 Å². The Labute approximate surface area is 93.2 Å². The van der Waals surface area contributed by atoms with Crippen LogP contribution in [0.5, 0.6) is 0 Å². The van der Waals surface area contributed by atoms with Crippen LogP contribution in [0.25, 0.3) is 0 Å². The van der Waals surface area contributed by atoms with Crippen molar-refractivity contribution in [2.24, 2.45) is 0 Å². The van der Waals surface area contributed by atoms with Gasteiger partial charge in [0.25, 0.3) is 12.3 Å². The zero-order valence-corrected chi connectivity index (χ0v) is 9.63. The van der Waals surface area contributed by atoms with Gasteiger partial charge in [-0.1, -0.05) is 0 Å². The minimum Gasteiger partial charge on any atom is -0.341 e. The molecule has 0 radical (unpaired) electrons. The van der Waals surface area contributed by atoms with Crippen molar-refractivity contribution >= 4 is 22.2 Å². The average molecular weight is 255 g/mol. The fourth-order valence-corrected chi connectivity index (χ4v) is 1.88. The molecule has 1 atom stereocenters. The maximum absolute atomic E-state index is 12.8.